The molecule has 1 saturated carbocycles. The first kappa shape index (κ1) is 24.6. The summed E-state index contributed by atoms with van der Waals surface area (Å²) in [5.41, 5.74) is 13.5. The Hall–Kier alpha value is -3.77. The summed E-state index contributed by atoms with van der Waals surface area (Å²) in [4.78, 5) is 17.3. The van der Waals surface area contributed by atoms with E-state index < -0.39 is 0 Å². The second kappa shape index (κ2) is 9.52. The molecule has 6 nitrogen and oxygen atoms in total. The maximum Gasteiger partial charge on any atom is 0.150 e. The summed E-state index contributed by atoms with van der Waals surface area (Å²) in [6, 6.07) is 19.6. The Morgan fingerprint density at radius 3 is 2.53 bits per heavy atom. The van der Waals surface area contributed by atoms with Crippen LogP contribution in [0.2, 0.25) is 0 Å². The molecule has 6 heteroatoms. The number of benzene rings is 2. The molecule has 6 rings (SSSR count). The number of anilines is 1. The van der Waals surface area contributed by atoms with Gasteiger partial charge in [-0.05, 0) is 63.9 Å². The van der Waals surface area contributed by atoms with Crippen molar-refractivity contribution in [2.45, 2.75) is 57.9 Å². The van der Waals surface area contributed by atoms with Gasteiger partial charge in [-0.3, -0.25) is 4.40 Å². The molecule has 1 aliphatic rings. The van der Waals surface area contributed by atoms with Crippen molar-refractivity contribution in [1.29, 1.82) is 0 Å². The first-order chi connectivity index (χ1) is 18.4. The van der Waals surface area contributed by atoms with Crippen molar-refractivity contribution in [3.63, 3.8) is 0 Å². The summed E-state index contributed by atoms with van der Waals surface area (Å²) in [6.45, 7) is 7.83. The Morgan fingerprint density at radius 1 is 1.03 bits per heavy atom. The highest BCUT2D eigenvalue weighted by molar-refractivity contribution is 5.92. The molecule has 0 aliphatic heterocycles. The summed E-state index contributed by atoms with van der Waals surface area (Å²) < 4.78 is 2.19. The fraction of sp³-hybridized carbons (Fsp3) is 0.344. The highest BCUT2D eigenvalue weighted by Crippen LogP contribution is 2.42. The SMILES string of the molecule is CCN(C)C1CCC(C)(c2nc(-c3ccc4c(C)cc(-c5ccccc5)nc4c3)c3c(N)nccn23)CC1. The molecule has 1 fully saturated rings. The fourth-order valence-corrected chi connectivity index (χ4v) is 6.16. The van der Waals surface area contributed by atoms with Crippen LogP contribution in [-0.4, -0.2) is 43.9 Å². The average Bonchev–Trinajstić information content (AvgIpc) is 3.35. The largest absolute Gasteiger partial charge is 0.382 e. The Bertz CT molecular complexity index is 1610. The molecule has 2 N–H and O–H groups in total. The number of nitrogens with two attached hydrogens (primary N) is 1. The number of imidazole rings is 1. The van der Waals surface area contributed by atoms with Crippen molar-refractivity contribution in [2.75, 3.05) is 19.3 Å². The van der Waals surface area contributed by atoms with Gasteiger partial charge in [0.1, 0.15) is 22.9 Å². The van der Waals surface area contributed by atoms with Gasteiger partial charge in [0.2, 0.25) is 0 Å². The second-order valence-corrected chi connectivity index (χ2v) is 11.1. The van der Waals surface area contributed by atoms with E-state index in [1.54, 1.807) is 6.20 Å². The number of rotatable bonds is 5. The highest BCUT2D eigenvalue weighted by Gasteiger charge is 2.38. The van der Waals surface area contributed by atoms with Gasteiger partial charge >= 0.3 is 0 Å². The van der Waals surface area contributed by atoms with Crippen molar-refractivity contribution in [1.82, 2.24) is 24.3 Å². The van der Waals surface area contributed by atoms with Gasteiger partial charge in [0.25, 0.3) is 0 Å². The lowest BCUT2D eigenvalue weighted by molar-refractivity contribution is 0.156. The van der Waals surface area contributed by atoms with Gasteiger partial charge < -0.3 is 10.6 Å². The predicted octanol–water partition coefficient (Wildman–Crippen LogP) is 6.65. The zero-order valence-corrected chi connectivity index (χ0v) is 22.8. The lowest BCUT2D eigenvalue weighted by Gasteiger charge is -2.39. The molecule has 194 valence electrons. The Balaban J connectivity index is 1.46. The van der Waals surface area contributed by atoms with Crippen molar-refractivity contribution in [3.05, 3.63) is 78.4 Å². The number of hydrogen-bond acceptors (Lipinski definition) is 5. The van der Waals surface area contributed by atoms with Crippen LogP contribution in [0.25, 0.3) is 38.9 Å². The number of nitrogens with zero attached hydrogens (tertiary/aromatic N) is 5. The van der Waals surface area contributed by atoms with Gasteiger partial charge in [0, 0.05) is 40.4 Å². The zero-order chi connectivity index (χ0) is 26.4. The van der Waals surface area contributed by atoms with Gasteiger partial charge in [-0.2, -0.15) is 0 Å². The Labute approximate surface area is 224 Å². The van der Waals surface area contributed by atoms with Crippen LogP contribution >= 0.6 is 0 Å². The monoisotopic (exact) mass is 504 g/mol. The van der Waals surface area contributed by atoms with E-state index in [2.05, 4.69) is 90.6 Å². The highest BCUT2D eigenvalue weighted by atomic mass is 15.1. The molecule has 2 aromatic carbocycles. The second-order valence-electron chi connectivity index (χ2n) is 11.1. The van der Waals surface area contributed by atoms with E-state index in [9.17, 15) is 0 Å². The van der Waals surface area contributed by atoms with Gasteiger partial charge in [-0.1, -0.05) is 56.3 Å². The smallest absolute Gasteiger partial charge is 0.150 e. The molecule has 3 aromatic heterocycles. The van der Waals surface area contributed by atoms with Gasteiger partial charge in [-0.25, -0.2) is 15.0 Å². The molecule has 0 saturated heterocycles. The third-order valence-electron chi connectivity index (χ3n) is 8.66. The number of aromatic nitrogens is 4. The molecule has 0 bridgehead atoms. The van der Waals surface area contributed by atoms with Crippen LogP contribution in [0.5, 0.6) is 0 Å². The van der Waals surface area contributed by atoms with Crippen LogP contribution in [0, 0.1) is 6.92 Å². The van der Waals surface area contributed by atoms with Crippen LogP contribution in [-0.2, 0) is 5.41 Å². The average molecular weight is 505 g/mol. The number of fused-ring (bicyclic) bond motifs is 2. The normalized spacial score (nSPS) is 20.0. The fourth-order valence-electron chi connectivity index (χ4n) is 6.16. The van der Waals surface area contributed by atoms with Crippen molar-refractivity contribution in [2.24, 2.45) is 0 Å². The van der Waals surface area contributed by atoms with Crippen molar-refractivity contribution < 1.29 is 0 Å². The van der Waals surface area contributed by atoms with Crippen LogP contribution < -0.4 is 5.73 Å². The van der Waals surface area contributed by atoms with E-state index in [1.807, 2.05) is 12.3 Å². The third kappa shape index (κ3) is 4.13. The summed E-state index contributed by atoms with van der Waals surface area (Å²) in [5.74, 6) is 1.59. The van der Waals surface area contributed by atoms with E-state index >= 15 is 0 Å². The number of hydrogen-bond donors (Lipinski definition) is 1. The molecule has 0 atom stereocenters. The number of aryl methyl sites for hydroxylation is 1. The lowest BCUT2D eigenvalue weighted by Crippen LogP contribution is -2.40. The summed E-state index contributed by atoms with van der Waals surface area (Å²) in [5, 5.41) is 1.15. The summed E-state index contributed by atoms with van der Waals surface area (Å²) in [7, 11) is 2.24. The molecule has 0 spiro atoms. The van der Waals surface area contributed by atoms with Crippen LogP contribution in [0.1, 0.15) is 50.9 Å². The summed E-state index contributed by atoms with van der Waals surface area (Å²) >= 11 is 0. The summed E-state index contributed by atoms with van der Waals surface area (Å²) in [6.07, 6.45) is 8.35. The molecular weight excluding hydrogens is 468 g/mol. The van der Waals surface area contributed by atoms with Crippen molar-refractivity contribution >= 4 is 22.2 Å². The van der Waals surface area contributed by atoms with E-state index in [-0.39, 0.29) is 5.41 Å². The standard InChI is InChI=1S/C32H36N6/c1-5-37(4)24-13-15-32(3,16-14-24)31-36-28(29-30(33)34-17-18-38(29)31)23-11-12-25-21(2)19-26(35-27(25)20-23)22-9-7-6-8-10-22/h6-12,17-20,24H,5,13-16H2,1-4H3,(H2,33,34). The number of pyridine rings is 1. The zero-order valence-electron chi connectivity index (χ0n) is 22.8. The lowest BCUT2D eigenvalue weighted by atomic mass is 9.73. The molecule has 3 heterocycles. The quantitative estimate of drug-likeness (QED) is 0.290. The maximum absolute atomic E-state index is 6.50. The Kier molecular flexibility index (Phi) is 6.15. The molecule has 0 amide bonds. The first-order valence-electron chi connectivity index (χ1n) is 13.7. The molecule has 0 radical (unpaired) electrons. The Morgan fingerprint density at radius 2 is 1.79 bits per heavy atom. The van der Waals surface area contributed by atoms with E-state index in [0.717, 1.165) is 64.1 Å². The van der Waals surface area contributed by atoms with Crippen molar-refractivity contribution in [3.8, 4) is 22.5 Å². The molecule has 0 unspecified atom stereocenters. The van der Waals surface area contributed by atoms with Gasteiger partial charge in [-0.15, -0.1) is 0 Å². The predicted molar refractivity (Wildman–Crippen MR) is 156 cm³/mol. The maximum atomic E-state index is 6.50. The minimum Gasteiger partial charge on any atom is -0.382 e. The molecule has 38 heavy (non-hydrogen) atoms. The van der Waals surface area contributed by atoms with Crippen LogP contribution in [0.3, 0.4) is 0 Å². The molecule has 1 aliphatic carbocycles. The topological polar surface area (TPSA) is 72.3 Å². The molecular formula is C32H36N6. The van der Waals surface area contributed by atoms with E-state index in [1.165, 1.54) is 18.4 Å². The first-order valence-corrected chi connectivity index (χ1v) is 13.7. The minimum absolute atomic E-state index is 0.0216. The molecule has 5 aromatic rings. The van der Waals surface area contributed by atoms with Gasteiger partial charge in [0.15, 0.2) is 0 Å². The minimum atomic E-state index is -0.0216. The van der Waals surface area contributed by atoms with Crippen LogP contribution in [0.4, 0.5) is 5.82 Å². The van der Waals surface area contributed by atoms with Gasteiger partial charge in [0.05, 0.1) is 11.2 Å². The number of nitrogen functional groups attached to an aromatic ring is 1. The third-order valence-corrected chi connectivity index (χ3v) is 8.66. The van der Waals surface area contributed by atoms with Crippen LogP contribution in [0.15, 0.2) is 67.0 Å². The van der Waals surface area contributed by atoms with E-state index in [0.29, 0.717) is 11.9 Å². The van der Waals surface area contributed by atoms with E-state index in [4.69, 9.17) is 15.7 Å².